The molecule has 0 aromatic rings. The van der Waals surface area contributed by atoms with Crippen LogP contribution in [0.5, 0.6) is 0 Å². The second kappa shape index (κ2) is 5.89. The maximum Gasteiger partial charge on any atom is 0.0603 e. The van der Waals surface area contributed by atoms with E-state index in [0.29, 0.717) is 6.42 Å². The van der Waals surface area contributed by atoms with Crippen molar-refractivity contribution < 1.29 is 10.2 Å². The average molecular weight is 292 g/mol. The fourth-order valence-corrected chi connectivity index (χ4v) is 5.46. The van der Waals surface area contributed by atoms with Crippen LogP contribution in [0.3, 0.4) is 0 Å². The summed E-state index contributed by atoms with van der Waals surface area (Å²) in [7, 11) is 0. The lowest BCUT2D eigenvalue weighted by atomic mass is 9.46. The van der Waals surface area contributed by atoms with Gasteiger partial charge in [-0.15, -0.1) is 0 Å². The molecule has 0 radical (unpaired) electrons. The molecule has 0 bridgehead atoms. The van der Waals surface area contributed by atoms with Crippen molar-refractivity contribution in [3.05, 3.63) is 24.8 Å². The molecule has 2 heteroatoms. The van der Waals surface area contributed by atoms with Gasteiger partial charge in [-0.3, -0.25) is 0 Å². The van der Waals surface area contributed by atoms with Gasteiger partial charge in [-0.05, 0) is 54.8 Å². The fourth-order valence-electron chi connectivity index (χ4n) is 5.46. The van der Waals surface area contributed by atoms with Crippen LogP contribution in [-0.2, 0) is 0 Å². The molecule has 2 saturated carbocycles. The van der Waals surface area contributed by atoms with Crippen molar-refractivity contribution in [3.63, 3.8) is 0 Å². The molecule has 0 spiro atoms. The Balaban J connectivity index is 2.26. The molecule has 2 aliphatic carbocycles. The first-order valence-corrected chi connectivity index (χ1v) is 8.38. The topological polar surface area (TPSA) is 40.5 Å². The van der Waals surface area contributed by atoms with Crippen molar-refractivity contribution in [1.29, 1.82) is 0 Å². The van der Waals surface area contributed by atoms with Crippen molar-refractivity contribution in [2.75, 3.05) is 0 Å². The van der Waals surface area contributed by atoms with Crippen LogP contribution in [0.1, 0.15) is 59.3 Å². The molecule has 0 amide bonds. The second-order valence-corrected chi connectivity index (χ2v) is 8.20. The van der Waals surface area contributed by atoms with Gasteiger partial charge in [0.1, 0.15) is 0 Å². The van der Waals surface area contributed by atoms with Crippen LogP contribution in [0.4, 0.5) is 0 Å². The standard InChI is InChI=1S/C19H32O2/c1-6-13(2)8-9-14-15(20)12-16(21)17-18(3,4)10-7-11-19(14,17)5/h6,14-17,20-21H,1-2,7-12H2,3-5H3. The summed E-state index contributed by atoms with van der Waals surface area (Å²) in [6.45, 7) is 14.7. The van der Waals surface area contributed by atoms with Crippen LogP contribution in [0.15, 0.2) is 24.8 Å². The van der Waals surface area contributed by atoms with E-state index in [-0.39, 0.29) is 28.8 Å². The van der Waals surface area contributed by atoms with E-state index in [2.05, 4.69) is 33.9 Å². The Morgan fingerprint density at radius 3 is 2.48 bits per heavy atom. The quantitative estimate of drug-likeness (QED) is 0.766. The van der Waals surface area contributed by atoms with E-state index in [0.717, 1.165) is 24.8 Å². The number of hydrogen-bond donors (Lipinski definition) is 2. The van der Waals surface area contributed by atoms with Gasteiger partial charge in [0.2, 0.25) is 0 Å². The molecule has 2 aliphatic rings. The van der Waals surface area contributed by atoms with Crippen molar-refractivity contribution in [3.8, 4) is 0 Å². The van der Waals surface area contributed by atoms with Crippen molar-refractivity contribution in [2.45, 2.75) is 71.5 Å². The highest BCUT2D eigenvalue weighted by atomic mass is 16.3. The lowest BCUT2D eigenvalue weighted by Gasteiger charge is -2.60. The molecule has 5 atom stereocenters. The van der Waals surface area contributed by atoms with Crippen LogP contribution in [-0.4, -0.2) is 22.4 Å². The van der Waals surface area contributed by atoms with Gasteiger partial charge in [-0.25, -0.2) is 0 Å². The van der Waals surface area contributed by atoms with Gasteiger partial charge in [0, 0.05) is 0 Å². The number of aliphatic hydroxyl groups excluding tert-OH is 2. The molecule has 2 N–H and O–H groups in total. The maximum absolute atomic E-state index is 10.6. The Kier molecular flexibility index (Phi) is 4.70. The summed E-state index contributed by atoms with van der Waals surface area (Å²) >= 11 is 0. The molecular formula is C19H32O2. The van der Waals surface area contributed by atoms with Gasteiger partial charge in [-0.1, -0.05) is 52.0 Å². The molecule has 21 heavy (non-hydrogen) atoms. The summed E-state index contributed by atoms with van der Waals surface area (Å²) in [4.78, 5) is 0. The molecule has 2 nitrogen and oxygen atoms in total. The van der Waals surface area contributed by atoms with E-state index in [1.165, 1.54) is 12.8 Å². The first kappa shape index (κ1) is 16.8. The SMILES string of the molecule is C=CC(=C)CCC1C(O)CC(O)C2C(C)(C)CCCC12C. The van der Waals surface area contributed by atoms with E-state index >= 15 is 0 Å². The maximum atomic E-state index is 10.6. The molecule has 2 rings (SSSR count). The van der Waals surface area contributed by atoms with E-state index in [1.54, 1.807) is 0 Å². The number of allylic oxidation sites excluding steroid dienone is 2. The Morgan fingerprint density at radius 1 is 1.19 bits per heavy atom. The summed E-state index contributed by atoms with van der Waals surface area (Å²) in [5, 5.41) is 21.2. The zero-order valence-corrected chi connectivity index (χ0v) is 13.9. The fraction of sp³-hybridized carbons (Fsp3) is 0.789. The molecule has 2 fully saturated rings. The van der Waals surface area contributed by atoms with E-state index < -0.39 is 6.10 Å². The Bertz CT molecular complexity index is 412. The zero-order valence-electron chi connectivity index (χ0n) is 13.9. The van der Waals surface area contributed by atoms with Crippen LogP contribution >= 0.6 is 0 Å². The molecule has 0 aromatic carbocycles. The van der Waals surface area contributed by atoms with Crippen LogP contribution in [0.25, 0.3) is 0 Å². The Morgan fingerprint density at radius 2 is 1.86 bits per heavy atom. The summed E-state index contributed by atoms with van der Waals surface area (Å²) in [5.41, 5.74) is 1.23. The van der Waals surface area contributed by atoms with Crippen molar-refractivity contribution >= 4 is 0 Å². The highest BCUT2D eigenvalue weighted by molar-refractivity contribution is 5.12. The smallest absolute Gasteiger partial charge is 0.0603 e. The number of fused-ring (bicyclic) bond motifs is 1. The Labute approximate surface area is 130 Å². The van der Waals surface area contributed by atoms with Gasteiger partial charge in [0.05, 0.1) is 12.2 Å². The number of rotatable bonds is 4. The molecule has 120 valence electrons. The second-order valence-electron chi connectivity index (χ2n) is 8.20. The highest BCUT2D eigenvalue weighted by Crippen LogP contribution is 2.60. The third-order valence-corrected chi connectivity index (χ3v) is 6.33. The summed E-state index contributed by atoms with van der Waals surface area (Å²) in [6, 6.07) is 0. The lowest BCUT2D eigenvalue weighted by Crippen LogP contribution is -2.58. The van der Waals surface area contributed by atoms with E-state index in [9.17, 15) is 10.2 Å². The minimum atomic E-state index is -0.396. The Hall–Kier alpha value is -0.600. The lowest BCUT2D eigenvalue weighted by molar-refractivity contribution is -0.179. The number of hydrogen-bond acceptors (Lipinski definition) is 2. The van der Waals surface area contributed by atoms with Crippen LogP contribution < -0.4 is 0 Å². The first-order valence-electron chi connectivity index (χ1n) is 8.38. The minimum Gasteiger partial charge on any atom is -0.393 e. The number of aliphatic hydroxyl groups is 2. The predicted octanol–water partition coefficient (Wildman–Crippen LogP) is 4.08. The molecule has 0 heterocycles. The van der Waals surface area contributed by atoms with Crippen molar-refractivity contribution in [2.24, 2.45) is 22.7 Å². The highest BCUT2D eigenvalue weighted by Gasteiger charge is 2.57. The molecular weight excluding hydrogens is 260 g/mol. The van der Waals surface area contributed by atoms with Crippen LogP contribution in [0, 0.1) is 22.7 Å². The van der Waals surface area contributed by atoms with Crippen LogP contribution in [0.2, 0.25) is 0 Å². The van der Waals surface area contributed by atoms with Gasteiger partial charge in [0.25, 0.3) is 0 Å². The predicted molar refractivity (Wildman–Crippen MR) is 87.9 cm³/mol. The molecule has 0 aromatic heterocycles. The van der Waals surface area contributed by atoms with Gasteiger partial charge in [-0.2, -0.15) is 0 Å². The van der Waals surface area contributed by atoms with Gasteiger partial charge in [0.15, 0.2) is 0 Å². The molecule has 5 unspecified atom stereocenters. The van der Waals surface area contributed by atoms with E-state index in [1.807, 2.05) is 6.08 Å². The van der Waals surface area contributed by atoms with Gasteiger partial charge < -0.3 is 10.2 Å². The third-order valence-electron chi connectivity index (χ3n) is 6.33. The largest absolute Gasteiger partial charge is 0.393 e. The summed E-state index contributed by atoms with van der Waals surface area (Å²) in [6.07, 6.45) is 6.88. The molecule has 0 saturated heterocycles. The minimum absolute atomic E-state index is 0.0281. The van der Waals surface area contributed by atoms with Gasteiger partial charge >= 0.3 is 0 Å². The summed E-state index contributed by atoms with van der Waals surface area (Å²) in [5.74, 6) is 0.534. The van der Waals surface area contributed by atoms with Crippen molar-refractivity contribution in [1.82, 2.24) is 0 Å². The average Bonchev–Trinajstić information content (AvgIpc) is 2.35. The molecule has 0 aliphatic heterocycles. The van der Waals surface area contributed by atoms with E-state index in [4.69, 9.17) is 0 Å². The monoisotopic (exact) mass is 292 g/mol. The normalized spacial score (nSPS) is 42.1. The summed E-state index contributed by atoms with van der Waals surface area (Å²) < 4.78 is 0. The first-order chi connectivity index (χ1) is 9.72. The third kappa shape index (κ3) is 2.98. The zero-order chi connectivity index (χ0) is 15.8.